The van der Waals surface area contributed by atoms with Crippen molar-refractivity contribution >= 4 is 39.2 Å². The van der Waals surface area contributed by atoms with Crippen molar-refractivity contribution in [2.75, 3.05) is 43.5 Å². The quantitative estimate of drug-likeness (QED) is 0.614. The number of nitrogens with one attached hydrogen (secondary N) is 1. The summed E-state index contributed by atoms with van der Waals surface area (Å²) in [6.07, 6.45) is 3.45. The molecule has 0 atom stereocenters. The molecule has 1 saturated heterocycles. The molecule has 1 aliphatic rings. The largest absolute Gasteiger partial charge is 0.497 e. The van der Waals surface area contributed by atoms with E-state index < -0.39 is 0 Å². The number of hydrogen-bond acceptors (Lipinski definition) is 7. The van der Waals surface area contributed by atoms with Crippen molar-refractivity contribution in [1.82, 2.24) is 20.1 Å². The molecule has 1 N–H and O–H groups in total. The van der Waals surface area contributed by atoms with E-state index in [1.54, 1.807) is 25.6 Å². The summed E-state index contributed by atoms with van der Waals surface area (Å²) in [5.74, 6) is 2.10. The van der Waals surface area contributed by atoms with E-state index in [-0.39, 0.29) is 5.91 Å². The molecule has 1 amide bonds. The summed E-state index contributed by atoms with van der Waals surface area (Å²) in [6, 6.07) is 13.0. The van der Waals surface area contributed by atoms with Gasteiger partial charge in [-0.1, -0.05) is 0 Å². The van der Waals surface area contributed by atoms with Gasteiger partial charge in [-0.3, -0.25) is 9.78 Å². The van der Waals surface area contributed by atoms with Gasteiger partial charge in [0.2, 0.25) is 0 Å². The summed E-state index contributed by atoms with van der Waals surface area (Å²) in [5, 5.41) is 11.7. The number of aromatic nitrogens is 3. The fourth-order valence-electron chi connectivity index (χ4n) is 3.25. The van der Waals surface area contributed by atoms with E-state index in [1.165, 1.54) is 0 Å². The van der Waals surface area contributed by atoms with Crippen LogP contribution < -0.4 is 15.0 Å². The van der Waals surface area contributed by atoms with Gasteiger partial charge in [0.25, 0.3) is 5.91 Å². The third-order valence-corrected chi connectivity index (χ3v) is 5.57. The van der Waals surface area contributed by atoms with E-state index >= 15 is 0 Å². The lowest BCUT2D eigenvalue weighted by molar-refractivity contribution is 0.0745. The van der Waals surface area contributed by atoms with Gasteiger partial charge in [-0.05, 0) is 58.4 Å². The number of amides is 1. The molecule has 154 valence electrons. The highest BCUT2D eigenvalue weighted by molar-refractivity contribution is 9.10. The summed E-state index contributed by atoms with van der Waals surface area (Å²) in [4.78, 5) is 21.0. The van der Waals surface area contributed by atoms with Gasteiger partial charge in [-0.25, -0.2) is 0 Å². The highest BCUT2D eigenvalue weighted by Gasteiger charge is 2.24. The van der Waals surface area contributed by atoms with Crippen LogP contribution in [-0.2, 0) is 0 Å². The minimum atomic E-state index is -0.0115. The Kier molecular flexibility index (Phi) is 6.08. The zero-order chi connectivity index (χ0) is 20.9. The number of anilines is 3. The van der Waals surface area contributed by atoms with Crippen LogP contribution in [0, 0.1) is 0 Å². The van der Waals surface area contributed by atoms with E-state index in [9.17, 15) is 4.79 Å². The maximum absolute atomic E-state index is 12.9. The second-order valence-electron chi connectivity index (χ2n) is 6.77. The van der Waals surface area contributed by atoms with Crippen LogP contribution in [0.5, 0.6) is 5.75 Å². The van der Waals surface area contributed by atoms with Crippen LogP contribution >= 0.6 is 15.9 Å². The van der Waals surface area contributed by atoms with E-state index in [1.807, 2.05) is 41.3 Å². The normalized spacial score (nSPS) is 13.8. The van der Waals surface area contributed by atoms with Crippen molar-refractivity contribution < 1.29 is 9.53 Å². The molecule has 30 heavy (non-hydrogen) atoms. The minimum Gasteiger partial charge on any atom is -0.497 e. The van der Waals surface area contributed by atoms with Crippen LogP contribution in [0.15, 0.2) is 59.3 Å². The summed E-state index contributed by atoms with van der Waals surface area (Å²) < 4.78 is 6.01. The average Bonchev–Trinajstić information content (AvgIpc) is 2.80. The van der Waals surface area contributed by atoms with E-state index in [2.05, 4.69) is 41.3 Å². The summed E-state index contributed by atoms with van der Waals surface area (Å²) in [6.45, 7) is 2.61. The van der Waals surface area contributed by atoms with Crippen molar-refractivity contribution in [3.05, 3.63) is 64.9 Å². The van der Waals surface area contributed by atoms with Crippen molar-refractivity contribution in [3.63, 3.8) is 0 Å². The average molecular weight is 469 g/mol. The molecular weight excluding hydrogens is 448 g/mol. The van der Waals surface area contributed by atoms with Crippen LogP contribution in [-0.4, -0.2) is 59.3 Å². The van der Waals surface area contributed by atoms with E-state index in [0.717, 1.165) is 16.0 Å². The van der Waals surface area contributed by atoms with E-state index in [0.29, 0.717) is 43.3 Å². The van der Waals surface area contributed by atoms with Crippen LogP contribution in [0.4, 0.5) is 17.3 Å². The first-order valence-electron chi connectivity index (χ1n) is 9.52. The van der Waals surface area contributed by atoms with Gasteiger partial charge in [0.15, 0.2) is 11.6 Å². The Labute approximate surface area is 183 Å². The predicted molar refractivity (Wildman–Crippen MR) is 118 cm³/mol. The minimum absolute atomic E-state index is 0.0115. The molecule has 9 heteroatoms. The number of halogens is 1. The number of methoxy groups -OCH3 is 1. The maximum atomic E-state index is 12.9. The summed E-state index contributed by atoms with van der Waals surface area (Å²) in [5.41, 5.74) is 1.46. The van der Waals surface area contributed by atoms with Crippen LogP contribution in [0.25, 0.3) is 0 Å². The Bertz CT molecular complexity index is 1010. The molecule has 4 rings (SSSR count). The van der Waals surface area contributed by atoms with Gasteiger partial charge in [0, 0.05) is 36.8 Å². The molecule has 1 aliphatic heterocycles. The highest BCUT2D eigenvalue weighted by atomic mass is 79.9. The zero-order valence-corrected chi connectivity index (χ0v) is 18.0. The SMILES string of the molecule is COc1ccc(Br)c(C(=O)N2CCN(c3ccc(Nc4cccnc4)nn3)CC2)c1. The molecule has 3 aromatic rings. The van der Waals surface area contributed by atoms with Gasteiger partial charge in [-0.15, -0.1) is 10.2 Å². The number of ether oxygens (including phenoxy) is 1. The number of benzene rings is 1. The monoisotopic (exact) mass is 468 g/mol. The Morgan fingerprint density at radius 1 is 1.10 bits per heavy atom. The number of rotatable bonds is 5. The Morgan fingerprint density at radius 3 is 2.60 bits per heavy atom. The first-order valence-corrected chi connectivity index (χ1v) is 10.3. The molecule has 0 radical (unpaired) electrons. The molecule has 0 bridgehead atoms. The molecule has 2 aromatic heterocycles. The summed E-state index contributed by atoms with van der Waals surface area (Å²) in [7, 11) is 1.59. The zero-order valence-electron chi connectivity index (χ0n) is 16.5. The number of pyridine rings is 1. The Morgan fingerprint density at radius 2 is 1.93 bits per heavy atom. The third-order valence-electron chi connectivity index (χ3n) is 4.88. The fourth-order valence-corrected chi connectivity index (χ4v) is 3.67. The number of hydrogen-bond donors (Lipinski definition) is 1. The van der Waals surface area contributed by atoms with Gasteiger partial charge in [-0.2, -0.15) is 0 Å². The lowest BCUT2D eigenvalue weighted by Crippen LogP contribution is -2.49. The molecule has 3 heterocycles. The Hall–Kier alpha value is -3.20. The van der Waals surface area contributed by atoms with Gasteiger partial charge >= 0.3 is 0 Å². The first-order chi connectivity index (χ1) is 14.6. The first kappa shape index (κ1) is 20.1. The second kappa shape index (κ2) is 9.08. The summed E-state index contributed by atoms with van der Waals surface area (Å²) >= 11 is 3.46. The molecule has 0 unspecified atom stereocenters. The highest BCUT2D eigenvalue weighted by Crippen LogP contribution is 2.25. The third kappa shape index (κ3) is 4.51. The van der Waals surface area contributed by atoms with Crippen LogP contribution in [0.1, 0.15) is 10.4 Å². The fraction of sp³-hybridized carbons (Fsp3) is 0.238. The second-order valence-corrected chi connectivity index (χ2v) is 7.62. The van der Waals surface area contributed by atoms with Crippen LogP contribution in [0.2, 0.25) is 0 Å². The van der Waals surface area contributed by atoms with E-state index in [4.69, 9.17) is 4.74 Å². The lowest BCUT2D eigenvalue weighted by Gasteiger charge is -2.35. The van der Waals surface area contributed by atoms with Gasteiger partial charge in [0.05, 0.1) is 24.6 Å². The van der Waals surface area contributed by atoms with Gasteiger partial charge in [0.1, 0.15) is 5.75 Å². The molecule has 0 spiro atoms. The molecule has 1 aromatic carbocycles. The number of piperazine rings is 1. The standard InChI is InChI=1S/C21H21BrN6O2/c1-30-16-4-5-18(22)17(13-16)21(29)28-11-9-27(10-12-28)20-7-6-19(25-26-20)24-15-3-2-8-23-14-15/h2-8,13-14H,9-12H2,1H3,(H,24,25). The molecular formula is C21H21BrN6O2. The number of carbonyl (C=O) groups is 1. The molecule has 0 aliphatic carbocycles. The van der Waals surface area contributed by atoms with Crippen molar-refractivity contribution in [3.8, 4) is 5.75 Å². The number of carbonyl (C=O) groups excluding carboxylic acids is 1. The number of nitrogens with zero attached hydrogens (tertiary/aromatic N) is 5. The molecule has 8 nitrogen and oxygen atoms in total. The van der Waals surface area contributed by atoms with Crippen molar-refractivity contribution in [2.24, 2.45) is 0 Å². The predicted octanol–water partition coefficient (Wildman–Crippen LogP) is 3.35. The smallest absolute Gasteiger partial charge is 0.255 e. The Balaban J connectivity index is 1.37. The molecule has 0 saturated carbocycles. The topological polar surface area (TPSA) is 83.5 Å². The van der Waals surface area contributed by atoms with Crippen molar-refractivity contribution in [1.29, 1.82) is 0 Å². The van der Waals surface area contributed by atoms with Gasteiger partial charge < -0.3 is 19.9 Å². The maximum Gasteiger partial charge on any atom is 0.255 e. The lowest BCUT2D eigenvalue weighted by atomic mass is 10.1. The van der Waals surface area contributed by atoms with Crippen LogP contribution in [0.3, 0.4) is 0 Å². The van der Waals surface area contributed by atoms with Crippen molar-refractivity contribution in [2.45, 2.75) is 0 Å². The molecule has 1 fully saturated rings.